The van der Waals surface area contributed by atoms with Crippen molar-refractivity contribution in [1.82, 2.24) is 0 Å². The van der Waals surface area contributed by atoms with Crippen LogP contribution in [0.5, 0.6) is 0 Å². The molecule has 0 aliphatic rings. The molecule has 0 saturated heterocycles. The van der Waals surface area contributed by atoms with Crippen LogP contribution in [0.15, 0.2) is 30.3 Å². The number of hydrogen-bond acceptors (Lipinski definition) is 1. The Labute approximate surface area is 74.4 Å². The lowest BCUT2D eigenvalue weighted by Crippen LogP contribution is -2.06. The van der Waals surface area contributed by atoms with Crippen molar-refractivity contribution in [2.75, 3.05) is 13.7 Å². The summed E-state index contributed by atoms with van der Waals surface area (Å²) in [4.78, 5) is 0. The van der Waals surface area contributed by atoms with E-state index in [-0.39, 0.29) is 0 Å². The van der Waals surface area contributed by atoms with Crippen molar-refractivity contribution in [3.05, 3.63) is 35.9 Å². The molecule has 0 heterocycles. The Morgan fingerprint density at radius 1 is 1.25 bits per heavy atom. The highest BCUT2D eigenvalue weighted by Crippen LogP contribution is 2.07. The largest absolute Gasteiger partial charge is 0.384 e. The molecule has 66 valence electrons. The molecule has 0 aliphatic heterocycles. The van der Waals surface area contributed by atoms with Crippen LogP contribution < -0.4 is 0 Å². The fourth-order valence-corrected chi connectivity index (χ4v) is 1.36. The van der Waals surface area contributed by atoms with E-state index in [2.05, 4.69) is 31.2 Å². The Bertz CT molecular complexity index is 206. The predicted molar refractivity (Wildman–Crippen MR) is 51.2 cm³/mol. The molecule has 0 fully saturated rings. The van der Waals surface area contributed by atoms with Crippen molar-refractivity contribution in [1.29, 1.82) is 0 Å². The zero-order chi connectivity index (χ0) is 8.81. The van der Waals surface area contributed by atoms with E-state index in [0.29, 0.717) is 5.92 Å². The van der Waals surface area contributed by atoms with Crippen LogP contribution >= 0.6 is 0 Å². The summed E-state index contributed by atoms with van der Waals surface area (Å²) in [7, 11) is 1.75. The van der Waals surface area contributed by atoms with Crippen LogP contribution in [0.25, 0.3) is 0 Å². The molecule has 1 atom stereocenters. The number of benzene rings is 1. The first-order chi connectivity index (χ1) is 5.83. The van der Waals surface area contributed by atoms with Crippen LogP contribution in [0.1, 0.15) is 12.5 Å². The van der Waals surface area contributed by atoms with Crippen molar-refractivity contribution in [2.45, 2.75) is 13.3 Å². The molecule has 0 unspecified atom stereocenters. The fraction of sp³-hybridized carbons (Fsp3) is 0.455. The SMILES string of the molecule is COC[C@@H](C)Cc1ccccc1. The standard InChI is InChI=1S/C11H16O/c1-10(9-12-2)8-11-6-4-3-5-7-11/h3-7,10H,8-9H2,1-2H3/t10-/m0/s1. The molecule has 1 aromatic carbocycles. The van der Waals surface area contributed by atoms with E-state index < -0.39 is 0 Å². The molecule has 0 N–H and O–H groups in total. The molecule has 0 aromatic heterocycles. The monoisotopic (exact) mass is 164 g/mol. The molecule has 1 rings (SSSR count). The van der Waals surface area contributed by atoms with Gasteiger partial charge in [-0.2, -0.15) is 0 Å². The number of rotatable bonds is 4. The smallest absolute Gasteiger partial charge is 0.0491 e. The highest BCUT2D eigenvalue weighted by Gasteiger charge is 2.01. The predicted octanol–water partition coefficient (Wildman–Crippen LogP) is 2.51. The minimum absolute atomic E-state index is 0.609. The Morgan fingerprint density at radius 2 is 1.92 bits per heavy atom. The average Bonchev–Trinajstić information content (AvgIpc) is 2.06. The van der Waals surface area contributed by atoms with Gasteiger partial charge in [-0.25, -0.2) is 0 Å². The molecule has 0 saturated carbocycles. The lowest BCUT2D eigenvalue weighted by Gasteiger charge is -2.09. The Morgan fingerprint density at radius 3 is 2.50 bits per heavy atom. The second-order valence-electron chi connectivity index (χ2n) is 3.25. The molecule has 1 heteroatoms. The van der Waals surface area contributed by atoms with Crippen LogP contribution in [-0.4, -0.2) is 13.7 Å². The summed E-state index contributed by atoms with van der Waals surface area (Å²) in [6.45, 7) is 3.05. The fourth-order valence-electron chi connectivity index (χ4n) is 1.36. The normalized spacial score (nSPS) is 12.8. The van der Waals surface area contributed by atoms with Crippen LogP contribution in [0.4, 0.5) is 0 Å². The lowest BCUT2D eigenvalue weighted by atomic mass is 10.0. The van der Waals surface area contributed by atoms with Gasteiger partial charge < -0.3 is 4.74 Å². The van der Waals surface area contributed by atoms with Gasteiger partial charge in [-0.1, -0.05) is 37.3 Å². The van der Waals surface area contributed by atoms with Crippen LogP contribution in [0, 0.1) is 5.92 Å². The number of methoxy groups -OCH3 is 1. The Kier molecular flexibility index (Phi) is 3.81. The van der Waals surface area contributed by atoms with Gasteiger partial charge in [-0.3, -0.25) is 0 Å². The zero-order valence-electron chi connectivity index (χ0n) is 7.79. The van der Waals surface area contributed by atoms with Gasteiger partial charge in [-0.15, -0.1) is 0 Å². The highest BCUT2D eigenvalue weighted by molar-refractivity contribution is 5.14. The molecule has 0 spiro atoms. The first-order valence-electron chi connectivity index (χ1n) is 4.36. The van der Waals surface area contributed by atoms with E-state index in [1.54, 1.807) is 7.11 Å². The summed E-state index contributed by atoms with van der Waals surface area (Å²) in [5.74, 6) is 0.609. The maximum absolute atomic E-state index is 5.08. The number of ether oxygens (including phenoxy) is 1. The Balaban J connectivity index is 2.41. The number of hydrogen-bond donors (Lipinski definition) is 0. The van der Waals surface area contributed by atoms with Gasteiger partial charge in [0.05, 0.1) is 0 Å². The summed E-state index contributed by atoms with van der Waals surface area (Å²) in [6, 6.07) is 10.5. The van der Waals surface area contributed by atoms with E-state index in [0.717, 1.165) is 13.0 Å². The van der Waals surface area contributed by atoms with E-state index in [4.69, 9.17) is 4.74 Å². The van der Waals surface area contributed by atoms with E-state index >= 15 is 0 Å². The minimum Gasteiger partial charge on any atom is -0.384 e. The summed E-state index contributed by atoms with van der Waals surface area (Å²) >= 11 is 0. The van der Waals surface area contributed by atoms with Gasteiger partial charge in [-0.05, 0) is 17.9 Å². The maximum Gasteiger partial charge on any atom is 0.0491 e. The third kappa shape index (κ3) is 3.05. The second-order valence-corrected chi connectivity index (χ2v) is 3.25. The summed E-state index contributed by atoms with van der Waals surface area (Å²) < 4.78 is 5.08. The molecule has 1 nitrogen and oxygen atoms in total. The average molecular weight is 164 g/mol. The van der Waals surface area contributed by atoms with Gasteiger partial charge in [0.25, 0.3) is 0 Å². The van der Waals surface area contributed by atoms with Gasteiger partial charge in [0.1, 0.15) is 0 Å². The summed E-state index contributed by atoms with van der Waals surface area (Å²) in [6.07, 6.45) is 1.11. The van der Waals surface area contributed by atoms with Crippen molar-refractivity contribution >= 4 is 0 Å². The second kappa shape index (κ2) is 4.94. The zero-order valence-corrected chi connectivity index (χ0v) is 7.79. The molecule has 0 amide bonds. The van der Waals surface area contributed by atoms with Crippen molar-refractivity contribution < 1.29 is 4.74 Å². The van der Waals surface area contributed by atoms with Crippen molar-refractivity contribution in [3.63, 3.8) is 0 Å². The van der Waals surface area contributed by atoms with Gasteiger partial charge >= 0.3 is 0 Å². The first kappa shape index (κ1) is 9.27. The Hall–Kier alpha value is -0.820. The summed E-state index contributed by atoms with van der Waals surface area (Å²) in [5, 5.41) is 0. The molecule has 12 heavy (non-hydrogen) atoms. The molecular weight excluding hydrogens is 148 g/mol. The van der Waals surface area contributed by atoms with Crippen LogP contribution in [-0.2, 0) is 11.2 Å². The minimum atomic E-state index is 0.609. The van der Waals surface area contributed by atoms with E-state index in [1.165, 1.54) is 5.56 Å². The van der Waals surface area contributed by atoms with Crippen molar-refractivity contribution in [3.8, 4) is 0 Å². The third-order valence-electron chi connectivity index (χ3n) is 1.88. The van der Waals surface area contributed by atoms with Crippen LogP contribution in [0.3, 0.4) is 0 Å². The van der Waals surface area contributed by atoms with Gasteiger partial charge in [0, 0.05) is 13.7 Å². The van der Waals surface area contributed by atoms with Gasteiger partial charge in [0.2, 0.25) is 0 Å². The first-order valence-corrected chi connectivity index (χ1v) is 4.36. The molecule has 0 aliphatic carbocycles. The third-order valence-corrected chi connectivity index (χ3v) is 1.88. The van der Waals surface area contributed by atoms with E-state index in [1.807, 2.05) is 6.07 Å². The molecule has 0 radical (unpaired) electrons. The van der Waals surface area contributed by atoms with E-state index in [9.17, 15) is 0 Å². The molecular formula is C11H16O. The topological polar surface area (TPSA) is 9.23 Å². The maximum atomic E-state index is 5.08. The van der Waals surface area contributed by atoms with Crippen molar-refractivity contribution in [2.24, 2.45) is 5.92 Å². The lowest BCUT2D eigenvalue weighted by molar-refractivity contribution is 0.159. The van der Waals surface area contributed by atoms with Gasteiger partial charge in [0.15, 0.2) is 0 Å². The summed E-state index contributed by atoms with van der Waals surface area (Å²) in [5.41, 5.74) is 1.39. The quantitative estimate of drug-likeness (QED) is 0.664. The molecule has 1 aromatic rings. The molecule has 0 bridgehead atoms. The van der Waals surface area contributed by atoms with Crippen LogP contribution in [0.2, 0.25) is 0 Å². The highest BCUT2D eigenvalue weighted by atomic mass is 16.5.